The first-order valence-corrected chi connectivity index (χ1v) is 9.92. The maximum Gasteiger partial charge on any atom is 0.258 e. The summed E-state index contributed by atoms with van der Waals surface area (Å²) in [6.07, 6.45) is 1.86. The van der Waals surface area contributed by atoms with Crippen molar-refractivity contribution in [1.82, 2.24) is 4.98 Å². The first-order valence-electron chi connectivity index (χ1n) is 8.51. The number of nitrogens with one attached hydrogen (secondary N) is 1. The van der Waals surface area contributed by atoms with Crippen LogP contribution in [-0.2, 0) is 10.7 Å². The highest BCUT2D eigenvalue weighted by molar-refractivity contribution is 7.14. The molecule has 4 nitrogen and oxygen atoms in total. The van der Waals surface area contributed by atoms with Crippen LogP contribution in [0.15, 0.2) is 60.0 Å². The fourth-order valence-electron chi connectivity index (χ4n) is 2.48. The Kier molecular flexibility index (Phi) is 6.63. The minimum Gasteiger partial charge on any atom is -0.494 e. The highest BCUT2D eigenvalue weighted by Crippen LogP contribution is 2.23. The van der Waals surface area contributed by atoms with Crippen LogP contribution in [0.2, 0.25) is 0 Å². The Morgan fingerprint density at radius 2 is 1.93 bits per heavy atom. The summed E-state index contributed by atoms with van der Waals surface area (Å²) in [5.41, 5.74) is 3.04. The van der Waals surface area contributed by atoms with Crippen molar-refractivity contribution in [2.75, 3.05) is 11.9 Å². The van der Waals surface area contributed by atoms with Gasteiger partial charge in [-0.1, -0.05) is 42.5 Å². The van der Waals surface area contributed by atoms with Gasteiger partial charge in [-0.05, 0) is 36.3 Å². The number of amides is 1. The van der Waals surface area contributed by atoms with Crippen LogP contribution in [0.5, 0.6) is 5.75 Å². The van der Waals surface area contributed by atoms with Crippen molar-refractivity contribution in [2.24, 2.45) is 0 Å². The third kappa shape index (κ3) is 5.18. The molecule has 3 rings (SSSR count). The molecule has 0 unspecified atom stereocenters. The first-order chi connectivity index (χ1) is 13.2. The molecule has 0 saturated heterocycles. The Balaban J connectivity index is 1.89. The topological polar surface area (TPSA) is 51.2 Å². The van der Waals surface area contributed by atoms with Gasteiger partial charge in [0, 0.05) is 11.0 Å². The zero-order valence-corrected chi connectivity index (χ0v) is 16.4. The minimum atomic E-state index is -0.217. The van der Waals surface area contributed by atoms with E-state index in [2.05, 4.69) is 10.3 Å². The number of carbonyl (C=O) groups is 1. The number of hydrogen-bond donors (Lipinski definition) is 1. The van der Waals surface area contributed by atoms with Gasteiger partial charge in [-0.25, -0.2) is 4.98 Å². The molecule has 6 heteroatoms. The summed E-state index contributed by atoms with van der Waals surface area (Å²) in [7, 11) is 0. The Bertz CT molecular complexity index is 921. The van der Waals surface area contributed by atoms with Crippen LogP contribution in [0, 0.1) is 0 Å². The molecule has 1 heterocycles. The highest BCUT2D eigenvalue weighted by Gasteiger charge is 2.14. The normalized spacial score (nSPS) is 11.3. The summed E-state index contributed by atoms with van der Waals surface area (Å²) in [5, 5.41) is 5.23. The maximum atomic E-state index is 12.9. The number of anilines is 1. The molecule has 0 saturated carbocycles. The molecule has 2 aromatic carbocycles. The number of halogens is 1. The molecule has 1 amide bonds. The van der Waals surface area contributed by atoms with E-state index in [1.54, 1.807) is 0 Å². The van der Waals surface area contributed by atoms with Crippen molar-refractivity contribution in [3.8, 4) is 5.75 Å². The number of thiazole rings is 1. The molecule has 138 valence electrons. The second-order valence-corrected chi connectivity index (χ2v) is 6.78. The van der Waals surface area contributed by atoms with Crippen LogP contribution in [0.1, 0.15) is 23.7 Å². The maximum absolute atomic E-state index is 12.9. The second kappa shape index (κ2) is 9.35. The molecule has 0 atom stereocenters. The van der Waals surface area contributed by atoms with Crippen LogP contribution < -0.4 is 10.1 Å². The molecule has 1 aromatic heterocycles. The second-order valence-electron chi connectivity index (χ2n) is 5.66. The SMILES string of the molecule is CCOc1ccc(/C=C(/C(=O)Nc2nc(CCl)cs2)c2ccccc2)cc1. The van der Waals surface area contributed by atoms with Crippen LogP contribution in [0.3, 0.4) is 0 Å². The van der Waals surface area contributed by atoms with Gasteiger partial charge in [0.2, 0.25) is 0 Å². The number of rotatable bonds is 7. The number of ether oxygens (including phenoxy) is 1. The number of hydrogen-bond acceptors (Lipinski definition) is 4. The standard InChI is InChI=1S/C21H19ClN2O2S/c1-2-26-18-10-8-15(9-11-18)12-19(16-6-4-3-5-7-16)20(25)24-21-23-17(13-22)14-27-21/h3-12,14H,2,13H2,1H3,(H,23,24,25)/b19-12+. The van der Waals surface area contributed by atoms with Crippen molar-refractivity contribution < 1.29 is 9.53 Å². The zero-order chi connectivity index (χ0) is 19.1. The van der Waals surface area contributed by atoms with Gasteiger partial charge in [-0.15, -0.1) is 22.9 Å². The Labute approximate surface area is 167 Å². The van der Waals surface area contributed by atoms with Crippen molar-refractivity contribution in [3.63, 3.8) is 0 Å². The van der Waals surface area contributed by atoms with Crippen LogP contribution in [0.4, 0.5) is 5.13 Å². The number of alkyl halides is 1. The molecule has 0 fully saturated rings. The third-order valence-electron chi connectivity index (χ3n) is 3.74. The lowest BCUT2D eigenvalue weighted by molar-refractivity contribution is -0.111. The zero-order valence-electron chi connectivity index (χ0n) is 14.8. The monoisotopic (exact) mass is 398 g/mol. The molecule has 0 aliphatic rings. The van der Waals surface area contributed by atoms with Crippen molar-refractivity contribution in [1.29, 1.82) is 0 Å². The van der Waals surface area contributed by atoms with Crippen LogP contribution in [-0.4, -0.2) is 17.5 Å². The number of benzene rings is 2. The summed E-state index contributed by atoms with van der Waals surface area (Å²) < 4.78 is 5.47. The fourth-order valence-corrected chi connectivity index (χ4v) is 3.42. The first kappa shape index (κ1) is 19.1. The molecular formula is C21H19ClN2O2S. The van der Waals surface area contributed by atoms with Gasteiger partial charge < -0.3 is 4.74 Å². The van der Waals surface area contributed by atoms with E-state index >= 15 is 0 Å². The van der Waals surface area contributed by atoms with Crippen molar-refractivity contribution >= 4 is 45.6 Å². The molecule has 0 radical (unpaired) electrons. The van der Waals surface area contributed by atoms with E-state index in [-0.39, 0.29) is 5.91 Å². The predicted molar refractivity (Wildman–Crippen MR) is 112 cm³/mol. The molecule has 0 spiro atoms. The van der Waals surface area contributed by atoms with E-state index in [0.29, 0.717) is 23.2 Å². The van der Waals surface area contributed by atoms with Crippen molar-refractivity contribution in [3.05, 3.63) is 76.8 Å². The molecular weight excluding hydrogens is 380 g/mol. The summed E-state index contributed by atoms with van der Waals surface area (Å²) in [6, 6.07) is 17.2. The van der Waals surface area contributed by atoms with Gasteiger partial charge in [0.05, 0.1) is 18.2 Å². The van der Waals surface area contributed by atoms with Gasteiger partial charge in [0.1, 0.15) is 5.75 Å². The number of aromatic nitrogens is 1. The summed E-state index contributed by atoms with van der Waals surface area (Å²) in [4.78, 5) is 17.2. The molecule has 27 heavy (non-hydrogen) atoms. The Morgan fingerprint density at radius 3 is 2.56 bits per heavy atom. The predicted octanol–water partition coefficient (Wildman–Crippen LogP) is 5.46. The Morgan fingerprint density at radius 1 is 1.19 bits per heavy atom. The minimum absolute atomic E-state index is 0.217. The van der Waals surface area contributed by atoms with Gasteiger partial charge >= 0.3 is 0 Å². The highest BCUT2D eigenvalue weighted by atomic mass is 35.5. The van der Waals surface area contributed by atoms with E-state index in [0.717, 1.165) is 22.6 Å². The van der Waals surface area contributed by atoms with E-state index in [1.165, 1.54) is 11.3 Å². The third-order valence-corrected chi connectivity index (χ3v) is 4.82. The van der Waals surface area contributed by atoms with Gasteiger partial charge in [-0.3, -0.25) is 10.1 Å². The van der Waals surface area contributed by atoms with Crippen LogP contribution in [0.25, 0.3) is 11.6 Å². The smallest absolute Gasteiger partial charge is 0.258 e. The van der Waals surface area contributed by atoms with E-state index in [9.17, 15) is 4.79 Å². The molecule has 0 bridgehead atoms. The quantitative estimate of drug-likeness (QED) is 0.326. The Hall–Kier alpha value is -2.63. The van der Waals surface area contributed by atoms with Crippen molar-refractivity contribution in [2.45, 2.75) is 12.8 Å². The lowest BCUT2D eigenvalue weighted by atomic mass is 10.0. The molecule has 0 aliphatic heterocycles. The lowest BCUT2D eigenvalue weighted by Crippen LogP contribution is -2.13. The molecule has 0 aliphatic carbocycles. The average molecular weight is 399 g/mol. The molecule has 3 aromatic rings. The van der Waals surface area contributed by atoms with E-state index < -0.39 is 0 Å². The lowest BCUT2D eigenvalue weighted by Gasteiger charge is -2.09. The summed E-state index contributed by atoms with van der Waals surface area (Å²) >= 11 is 7.15. The van der Waals surface area contributed by atoms with Gasteiger partial charge in [-0.2, -0.15) is 0 Å². The summed E-state index contributed by atoms with van der Waals surface area (Å²) in [6.45, 7) is 2.56. The molecule has 1 N–H and O–H groups in total. The van der Waals surface area contributed by atoms with Gasteiger partial charge in [0.15, 0.2) is 5.13 Å². The van der Waals surface area contributed by atoms with E-state index in [1.807, 2.05) is 73.0 Å². The number of carbonyl (C=O) groups excluding carboxylic acids is 1. The number of nitrogens with zero attached hydrogens (tertiary/aromatic N) is 1. The van der Waals surface area contributed by atoms with Crippen LogP contribution >= 0.6 is 22.9 Å². The average Bonchev–Trinajstić information content (AvgIpc) is 3.15. The summed E-state index contributed by atoms with van der Waals surface area (Å²) in [5.74, 6) is 0.905. The van der Waals surface area contributed by atoms with Gasteiger partial charge in [0.25, 0.3) is 5.91 Å². The largest absolute Gasteiger partial charge is 0.494 e. The van der Waals surface area contributed by atoms with E-state index in [4.69, 9.17) is 16.3 Å². The fraction of sp³-hybridized carbons (Fsp3) is 0.143.